The number of esters is 1. The fourth-order valence-corrected chi connectivity index (χ4v) is 2.81. The minimum Gasteiger partial charge on any atom is -0.461 e. The molecule has 0 N–H and O–H groups in total. The quantitative estimate of drug-likeness (QED) is 0.594. The lowest BCUT2D eigenvalue weighted by molar-refractivity contribution is 0.0474. The number of carbonyl (C=O) groups is 1. The number of methoxy groups -OCH3 is 1. The van der Waals surface area contributed by atoms with Gasteiger partial charge in [-0.05, 0) is 41.6 Å². The zero-order valence-electron chi connectivity index (χ0n) is 11.2. The van der Waals surface area contributed by atoms with Crippen molar-refractivity contribution in [2.75, 3.05) is 20.3 Å². The Kier molecular flexibility index (Phi) is 5.39. The van der Waals surface area contributed by atoms with E-state index in [0.29, 0.717) is 23.5 Å². The van der Waals surface area contributed by atoms with Crippen LogP contribution in [-0.2, 0) is 22.4 Å². The highest BCUT2D eigenvalue weighted by Gasteiger charge is 2.24. The largest absolute Gasteiger partial charge is 0.461 e. The van der Waals surface area contributed by atoms with Crippen LogP contribution in [0.15, 0.2) is 4.60 Å². The van der Waals surface area contributed by atoms with E-state index in [9.17, 15) is 4.79 Å². The fourth-order valence-electron chi connectivity index (χ4n) is 2.23. The van der Waals surface area contributed by atoms with Crippen LogP contribution in [-0.4, -0.2) is 35.8 Å². The fraction of sp³-hybridized carbons (Fsp3) is 0.692. The first-order valence-electron chi connectivity index (χ1n) is 6.65. The smallest absolute Gasteiger partial charge is 0.357 e. The number of imidazole rings is 1. The van der Waals surface area contributed by atoms with Gasteiger partial charge < -0.3 is 14.0 Å². The van der Waals surface area contributed by atoms with Crippen molar-refractivity contribution in [3.63, 3.8) is 0 Å². The molecule has 0 fully saturated rings. The van der Waals surface area contributed by atoms with Gasteiger partial charge in [0.25, 0.3) is 0 Å². The Bertz CT molecular complexity index is 445. The number of fused-ring (bicyclic) bond motifs is 1. The van der Waals surface area contributed by atoms with Gasteiger partial charge in [0.15, 0.2) is 5.69 Å². The van der Waals surface area contributed by atoms with Crippen molar-refractivity contribution in [3.8, 4) is 0 Å². The lowest BCUT2D eigenvalue weighted by Gasteiger charge is -2.15. The van der Waals surface area contributed by atoms with Gasteiger partial charge in [0.2, 0.25) is 0 Å². The molecule has 0 saturated heterocycles. The number of carbonyl (C=O) groups excluding carboxylic acids is 1. The molecule has 2 rings (SSSR count). The van der Waals surface area contributed by atoms with Crippen LogP contribution in [0.5, 0.6) is 0 Å². The van der Waals surface area contributed by atoms with Gasteiger partial charge in [0, 0.05) is 26.7 Å². The second-order valence-electron chi connectivity index (χ2n) is 4.61. The maximum atomic E-state index is 12.1. The molecule has 6 heteroatoms. The zero-order chi connectivity index (χ0) is 13.7. The maximum absolute atomic E-state index is 12.1. The van der Waals surface area contributed by atoms with Gasteiger partial charge in [0.05, 0.1) is 6.61 Å². The Hall–Kier alpha value is -0.880. The second kappa shape index (κ2) is 7.05. The average molecular weight is 331 g/mol. The molecule has 0 bridgehead atoms. The highest BCUT2D eigenvalue weighted by molar-refractivity contribution is 9.10. The summed E-state index contributed by atoms with van der Waals surface area (Å²) in [6.45, 7) is 1.97. The van der Waals surface area contributed by atoms with Crippen LogP contribution in [0.4, 0.5) is 0 Å². The van der Waals surface area contributed by atoms with Crippen LogP contribution in [0, 0.1) is 0 Å². The van der Waals surface area contributed by atoms with E-state index < -0.39 is 0 Å². The highest BCUT2D eigenvalue weighted by Crippen LogP contribution is 2.24. The normalized spacial score (nSPS) is 14.2. The monoisotopic (exact) mass is 330 g/mol. The Morgan fingerprint density at radius 2 is 2.16 bits per heavy atom. The number of rotatable bonds is 6. The van der Waals surface area contributed by atoms with Crippen molar-refractivity contribution in [1.82, 2.24) is 9.55 Å². The van der Waals surface area contributed by atoms with E-state index in [2.05, 4.69) is 20.9 Å². The summed E-state index contributed by atoms with van der Waals surface area (Å²) >= 11 is 3.36. The number of aromatic nitrogens is 2. The van der Waals surface area contributed by atoms with E-state index in [0.717, 1.165) is 44.5 Å². The number of hydrogen-bond donors (Lipinski definition) is 0. The van der Waals surface area contributed by atoms with Crippen LogP contribution in [0.3, 0.4) is 0 Å². The lowest BCUT2D eigenvalue weighted by Crippen LogP contribution is -2.18. The van der Waals surface area contributed by atoms with Gasteiger partial charge in [-0.2, -0.15) is 0 Å². The summed E-state index contributed by atoms with van der Waals surface area (Å²) in [7, 11) is 1.67. The number of nitrogens with zero attached hydrogens (tertiary/aromatic N) is 2. The summed E-state index contributed by atoms with van der Waals surface area (Å²) in [5, 5.41) is 0. The van der Waals surface area contributed by atoms with Crippen molar-refractivity contribution in [2.24, 2.45) is 0 Å². The van der Waals surface area contributed by atoms with E-state index in [4.69, 9.17) is 9.47 Å². The molecule has 0 unspecified atom stereocenters. The lowest BCUT2D eigenvalue weighted by atomic mass is 10.2. The Morgan fingerprint density at radius 1 is 1.37 bits per heavy atom. The first-order chi connectivity index (χ1) is 9.24. The van der Waals surface area contributed by atoms with Crippen molar-refractivity contribution in [1.29, 1.82) is 0 Å². The van der Waals surface area contributed by atoms with Crippen LogP contribution in [0.25, 0.3) is 0 Å². The summed E-state index contributed by atoms with van der Waals surface area (Å²) in [5.74, 6) is 0.689. The van der Waals surface area contributed by atoms with E-state index >= 15 is 0 Å². The number of aryl methyl sites for hydroxylation is 1. The zero-order valence-corrected chi connectivity index (χ0v) is 12.7. The minimum absolute atomic E-state index is 0.287. The molecule has 5 nitrogen and oxygen atoms in total. The molecule has 0 amide bonds. The average Bonchev–Trinajstić information content (AvgIpc) is 2.74. The molecule has 0 radical (unpaired) electrons. The van der Waals surface area contributed by atoms with Gasteiger partial charge >= 0.3 is 5.97 Å². The first kappa shape index (κ1) is 14.5. The van der Waals surface area contributed by atoms with E-state index in [-0.39, 0.29) is 5.97 Å². The first-order valence-corrected chi connectivity index (χ1v) is 7.44. The maximum Gasteiger partial charge on any atom is 0.357 e. The Balaban J connectivity index is 1.93. The molecule has 2 heterocycles. The van der Waals surface area contributed by atoms with Gasteiger partial charge in [0.1, 0.15) is 10.4 Å². The molecule has 0 aromatic carbocycles. The third kappa shape index (κ3) is 3.57. The topological polar surface area (TPSA) is 53.4 Å². The Labute approximate surface area is 121 Å². The number of unbranched alkanes of at least 4 members (excludes halogenated alkanes) is 1. The third-order valence-electron chi connectivity index (χ3n) is 3.21. The van der Waals surface area contributed by atoms with Crippen LogP contribution in [0.2, 0.25) is 0 Å². The summed E-state index contributed by atoms with van der Waals surface area (Å²) in [5.41, 5.74) is 0.557. The molecule has 1 aromatic rings. The summed E-state index contributed by atoms with van der Waals surface area (Å²) in [6, 6.07) is 0. The van der Waals surface area contributed by atoms with Crippen molar-refractivity contribution >= 4 is 21.9 Å². The van der Waals surface area contributed by atoms with Crippen LogP contribution >= 0.6 is 15.9 Å². The molecular formula is C13H19BrN2O3. The van der Waals surface area contributed by atoms with Crippen LogP contribution < -0.4 is 0 Å². The van der Waals surface area contributed by atoms with E-state index in [1.54, 1.807) is 7.11 Å². The third-order valence-corrected chi connectivity index (χ3v) is 3.76. The van der Waals surface area contributed by atoms with Gasteiger partial charge in [-0.1, -0.05) is 0 Å². The number of ether oxygens (including phenoxy) is 2. The van der Waals surface area contributed by atoms with Gasteiger partial charge in [-0.25, -0.2) is 9.78 Å². The van der Waals surface area contributed by atoms with Crippen molar-refractivity contribution in [3.05, 3.63) is 16.1 Å². The molecule has 1 aliphatic heterocycles. The second-order valence-corrected chi connectivity index (χ2v) is 5.36. The molecule has 1 aliphatic rings. The van der Waals surface area contributed by atoms with Crippen molar-refractivity contribution < 1.29 is 14.3 Å². The van der Waals surface area contributed by atoms with Gasteiger partial charge in [-0.3, -0.25) is 0 Å². The molecule has 19 heavy (non-hydrogen) atoms. The van der Waals surface area contributed by atoms with E-state index in [1.807, 2.05) is 4.57 Å². The summed E-state index contributed by atoms with van der Waals surface area (Å²) in [6.07, 6.45) is 4.87. The molecular weight excluding hydrogens is 312 g/mol. The predicted octanol–water partition coefficient (Wildman–Crippen LogP) is 2.57. The molecule has 1 aromatic heterocycles. The molecule has 106 valence electrons. The summed E-state index contributed by atoms with van der Waals surface area (Å²) < 4.78 is 12.8. The number of hydrogen-bond acceptors (Lipinski definition) is 4. The molecule has 0 saturated carbocycles. The summed E-state index contributed by atoms with van der Waals surface area (Å²) in [4.78, 5) is 16.5. The van der Waals surface area contributed by atoms with Crippen LogP contribution in [0.1, 0.15) is 42.0 Å². The van der Waals surface area contributed by atoms with Gasteiger partial charge in [-0.15, -0.1) is 0 Å². The van der Waals surface area contributed by atoms with E-state index in [1.165, 1.54) is 0 Å². The number of halogens is 1. The Morgan fingerprint density at radius 3 is 2.95 bits per heavy atom. The highest BCUT2D eigenvalue weighted by atomic mass is 79.9. The standard InChI is InChI=1S/C13H19BrN2O3/c1-18-8-4-5-9-19-13(17)11-12(14)15-10-6-2-3-7-16(10)11/h2-9H2,1H3. The predicted molar refractivity (Wildman–Crippen MR) is 74.3 cm³/mol. The molecule has 0 aliphatic carbocycles. The molecule has 0 spiro atoms. The minimum atomic E-state index is -0.287. The molecule has 0 atom stereocenters. The van der Waals surface area contributed by atoms with Crippen molar-refractivity contribution in [2.45, 2.75) is 38.6 Å². The SMILES string of the molecule is COCCCCOC(=O)c1c(Br)nc2n1CCCC2.